The Labute approximate surface area is 242 Å². The number of methoxy groups -OCH3 is 2. The van der Waals surface area contributed by atoms with Crippen LogP contribution in [0.5, 0.6) is 11.5 Å². The zero-order valence-electron chi connectivity index (χ0n) is 23.9. The summed E-state index contributed by atoms with van der Waals surface area (Å²) in [5.41, 5.74) is 3.79. The van der Waals surface area contributed by atoms with Crippen molar-refractivity contribution in [3.63, 3.8) is 0 Å². The van der Waals surface area contributed by atoms with E-state index in [0.717, 1.165) is 50.8 Å². The maximum atomic E-state index is 13.1. The molecule has 0 unspecified atom stereocenters. The second-order valence-electron chi connectivity index (χ2n) is 10.5. The van der Waals surface area contributed by atoms with Crippen molar-refractivity contribution < 1.29 is 19.1 Å². The van der Waals surface area contributed by atoms with E-state index >= 15 is 0 Å². The average molecular weight is 558 g/mol. The Morgan fingerprint density at radius 1 is 0.610 bits per heavy atom. The first kappa shape index (κ1) is 28.4. The number of hydrogen-bond donors (Lipinski definition) is 1. The maximum absolute atomic E-state index is 13.1. The summed E-state index contributed by atoms with van der Waals surface area (Å²) >= 11 is 0. The smallest absolute Gasteiger partial charge is 0.321 e. The zero-order chi connectivity index (χ0) is 28.6. The first-order valence-corrected chi connectivity index (χ1v) is 14.2. The molecule has 41 heavy (non-hydrogen) atoms. The van der Waals surface area contributed by atoms with Gasteiger partial charge in [-0.05, 0) is 59.7 Å². The van der Waals surface area contributed by atoms with Crippen molar-refractivity contribution in [3.05, 3.63) is 89.5 Å². The molecule has 0 aliphatic carbocycles. The van der Waals surface area contributed by atoms with Gasteiger partial charge in [0, 0.05) is 76.7 Å². The quantitative estimate of drug-likeness (QED) is 0.451. The summed E-state index contributed by atoms with van der Waals surface area (Å²) < 4.78 is 10.5. The van der Waals surface area contributed by atoms with Gasteiger partial charge in [0.25, 0.3) is 5.91 Å². The van der Waals surface area contributed by atoms with Crippen molar-refractivity contribution in [2.45, 2.75) is 13.1 Å². The molecule has 2 aliphatic heterocycles. The molecule has 9 heteroatoms. The average Bonchev–Trinajstić information content (AvgIpc) is 3.02. The molecular formula is C32H39N5O4. The van der Waals surface area contributed by atoms with Gasteiger partial charge in [0.05, 0.1) is 14.2 Å². The molecule has 3 amide bonds. The van der Waals surface area contributed by atoms with E-state index in [9.17, 15) is 9.59 Å². The molecule has 1 N–H and O–H groups in total. The molecule has 2 saturated heterocycles. The van der Waals surface area contributed by atoms with Crippen LogP contribution in [0.15, 0.2) is 72.8 Å². The molecule has 0 radical (unpaired) electrons. The third-order valence-corrected chi connectivity index (χ3v) is 7.83. The molecule has 0 atom stereocenters. The van der Waals surface area contributed by atoms with Crippen LogP contribution in [0.4, 0.5) is 10.5 Å². The lowest BCUT2D eigenvalue weighted by atomic mass is 10.1. The van der Waals surface area contributed by atoms with E-state index in [4.69, 9.17) is 9.47 Å². The summed E-state index contributed by atoms with van der Waals surface area (Å²) in [7, 11) is 3.34. The summed E-state index contributed by atoms with van der Waals surface area (Å²) in [5, 5.41) is 2.99. The van der Waals surface area contributed by atoms with Gasteiger partial charge < -0.3 is 24.6 Å². The van der Waals surface area contributed by atoms with E-state index in [0.29, 0.717) is 37.4 Å². The second kappa shape index (κ2) is 13.5. The van der Waals surface area contributed by atoms with E-state index in [1.807, 2.05) is 46.2 Å². The molecule has 2 aliphatic rings. The number of anilines is 1. The number of nitrogens with one attached hydrogen (secondary N) is 1. The Morgan fingerprint density at radius 2 is 1.05 bits per heavy atom. The van der Waals surface area contributed by atoms with Crippen LogP contribution in [-0.2, 0) is 13.1 Å². The predicted octanol–water partition coefficient (Wildman–Crippen LogP) is 4.01. The summed E-state index contributed by atoms with van der Waals surface area (Å²) in [6, 6.07) is 23.3. The monoisotopic (exact) mass is 557 g/mol. The molecule has 3 aromatic rings. The van der Waals surface area contributed by atoms with Gasteiger partial charge in [-0.15, -0.1) is 0 Å². The highest BCUT2D eigenvalue weighted by Crippen LogP contribution is 2.18. The molecular weight excluding hydrogens is 518 g/mol. The summed E-state index contributed by atoms with van der Waals surface area (Å²) in [6.07, 6.45) is 0. The highest BCUT2D eigenvalue weighted by atomic mass is 16.5. The molecule has 0 saturated carbocycles. The van der Waals surface area contributed by atoms with Gasteiger partial charge in [0.1, 0.15) is 11.5 Å². The number of carbonyl (C=O) groups is 2. The van der Waals surface area contributed by atoms with Crippen molar-refractivity contribution >= 4 is 17.6 Å². The molecule has 5 rings (SSSR count). The van der Waals surface area contributed by atoms with Crippen LogP contribution in [-0.4, -0.2) is 98.1 Å². The first-order chi connectivity index (χ1) is 20.0. The van der Waals surface area contributed by atoms with Gasteiger partial charge >= 0.3 is 6.03 Å². The topological polar surface area (TPSA) is 77.6 Å². The van der Waals surface area contributed by atoms with E-state index in [1.54, 1.807) is 26.4 Å². The Kier molecular flexibility index (Phi) is 9.38. The number of urea groups is 1. The third-order valence-electron chi connectivity index (χ3n) is 7.83. The van der Waals surface area contributed by atoms with Gasteiger partial charge in [0.2, 0.25) is 0 Å². The predicted molar refractivity (Wildman–Crippen MR) is 159 cm³/mol. The fraction of sp³-hybridized carbons (Fsp3) is 0.375. The zero-order valence-corrected chi connectivity index (χ0v) is 23.9. The third kappa shape index (κ3) is 7.56. The Bertz CT molecular complexity index is 1280. The van der Waals surface area contributed by atoms with Crippen molar-refractivity contribution in [1.29, 1.82) is 0 Å². The van der Waals surface area contributed by atoms with Crippen LogP contribution in [0.25, 0.3) is 0 Å². The number of hydrogen-bond acceptors (Lipinski definition) is 6. The molecule has 9 nitrogen and oxygen atoms in total. The summed E-state index contributed by atoms with van der Waals surface area (Å²) in [4.78, 5) is 34.4. The summed E-state index contributed by atoms with van der Waals surface area (Å²) in [5.74, 6) is 1.74. The van der Waals surface area contributed by atoms with Gasteiger partial charge in [-0.3, -0.25) is 14.6 Å². The van der Waals surface area contributed by atoms with Crippen LogP contribution in [0.2, 0.25) is 0 Å². The van der Waals surface area contributed by atoms with Gasteiger partial charge in [-0.2, -0.15) is 0 Å². The van der Waals surface area contributed by atoms with Crippen molar-refractivity contribution in [2.24, 2.45) is 0 Å². The lowest BCUT2D eigenvalue weighted by Gasteiger charge is -2.35. The maximum Gasteiger partial charge on any atom is 0.321 e. The van der Waals surface area contributed by atoms with Crippen molar-refractivity contribution in [2.75, 3.05) is 71.9 Å². The van der Waals surface area contributed by atoms with E-state index in [2.05, 4.69) is 39.4 Å². The lowest BCUT2D eigenvalue weighted by molar-refractivity contribution is 0.0628. The van der Waals surface area contributed by atoms with E-state index < -0.39 is 0 Å². The van der Waals surface area contributed by atoms with E-state index in [-0.39, 0.29) is 11.9 Å². The number of carbonyl (C=O) groups excluding carboxylic acids is 2. The minimum Gasteiger partial charge on any atom is -0.497 e. The fourth-order valence-corrected chi connectivity index (χ4v) is 5.28. The summed E-state index contributed by atoms with van der Waals surface area (Å²) in [6.45, 7) is 7.74. The highest BCUT2D eigenvalue weighted by molar-refractivity contribution is 5.95. The number of ether oxygens (including phenoxy) is 2. The van der Waals surface area contributed by atoms with E-state index in [1.165, 1.54) is 11.1 Å². The SMILES string of the molecule is COc1ccc(CN2CCN(C(=O)Nc3ccc(C(=O)N4CCN(Cc5ccc(OC)cc5)CC4)cc3)CC2)cc1. The Balaban J connectivity index is 1.04. The minimum atomic E-state index is -0.110. The van der Waals surface area contributed by atoms with Crippen LogP contribution < -0.4 is 14.8 Å². The molecule has 0 aromatic heterocycles. The highest BCUT2D eigenvalue weighted by Gasteiger charge is 2.23. The number of nitrogens with zero attached hydrogens (tertiary/aromatic N) is 4. The molecule has 216 valence electrons. The van der Waals surface area contributed by atoms with Crippen LogP contribution in [0.3, 0.4) is 0 Å². The van der Waals surface area contributed by atoms with Crippen molar-refractivity contribution in [1.82, 2.24) is 19.6 Å². The van der Waals surface area contributed by atoms with Crippen LogP contribution >= 0.6 is 0 Å². The fourth-order valence-electron chi connectivity index (χ4n) is 5.28. The Morgan fingerprint density at radius 3 is 1.49 bits per heavy atom. The molecule has 2 fully saturated rings. The van der Waals surface area contributed by atoms with Crippen LogP contribution in [0.1, 0.15) is 21.5 Å². The lowest BCUT2D eigenvalue weighted by Crippen LogP contribution is -2.49. The van der Waals surface area contributed by atoms with Crippen LogP contribution in [0, 0.1) is 0 Å². The minimum absolute atomic E-state index is 0.0277. The number of piperazine rings is 2. The second-order valence-corrected chi connectivity index (χ2v) is 10.5. The molecule has 0 bridgehead atoms. The first-order valence-electron chi connectivity index (χ1n) is 14.2. The number of amides is 3. The molecule has 3 aromatic carbocycles. The Hall–Kier alpha value is -4.08. The normalized spacial score (nSPS) is 16.3. The number of benzene rings is 3. The molecule has 0 spiro atoms. The van der Waals surface area contributed by atoms with Gasteiger partial charge in [0.15, 0.2) is 0 Å². The molecule has 2 heterocycles. The number of rotatable bonds is 8. The van der Waals surface area contributed by atoms with Gasteiger partial charge in [-0.1, -0.05) is 24.3 Å². The van der Waals surface area contributed by atoms with Crippen molar-refractivity contribution in [3.8, 4) is 11.5 Å². The van der Waals surface area contributed by atoms with Gasteiger partial charge in [-0.25, -0.2) is 4.79 Å². The standard InChI is InChI=1S/C32H39N5O4/c1-40-29-11-3-25(4-12-29)23-34-15-19-36(20-16-34)31(38)27-7-9-28(10-8-27)33-32(39)37-21-17-35(18-22-37)24-26-5-13-30(41-2)14-6-26/h3-14H,15-24H2,1-2H3,(H,33,39). The largest absolute Gasteiger partial charge is 0.497 e.